The first-order chi connectivity index (χ1) is 5.91. The van der Waals surface area contributed by atoms with Crippen molar-refractivity contribution in [1.82, 2.24) is 0 Å². The third kappa shape index (κ3) is 2.73. The number of hydrogen-bond acceptors (Lipinski definition) is 2. The molecule has 0 amide bonds. The van der Waals surface area contributed by atoms with Crippen LogP contribution in [-0.4, -0.2) is 29.6 Å². The molecule has 0 spiro atoms. The summed E-state index contributed by atoms with van der Waals surface area (Å²) in [6.45, 7) is 4.30. The van der Waals surface area contributed by atoms with Crippen LogP contribution in [0.1, 0.15) is 19.4 Å². The molecule has 0 aliphatic heterocycles. The van der Waals surface area contributed by atoms with Gasteiger partial charge in [-0.1, -0.05) is 0 Å². The van der Waals surface area contributed by atoms with Crippen molar-refractivity contribution in [3.8, 4) is 0 Å². The van der Waals surface area contributed by atoms with E-state index in [9.17, 15) is 10.1 Å². The van der Waals surface area contributed by atoms with Crippen LogP contribution in [0.15, 0.2) is 24.3 Å². The van der Waals surface area contributed by atoms with E-state index in [1.165, 1.54) is 5.56 Å². The molecule has 0 aliphatic rings. The van der Waals surface area contributed by atoms with Gasteiger partial charge in [-0.05, 0) is 0 Å². The fourth-order valence-corrected chi connectivity index (χ4v) is 1.76. The van der Waals surface area contributed by atoms with Gasteiger partial charge in [0.2, 0.25) is 0 Å². The molecule has 0 atom stereocenters. The Balaban J connectivity index is 3.01. The van der Waals surface area contributed by atoms with Crippen LogP contribution in [0, 0.1) is 10.1 Å². The first-order valence-electron chi connectivity index (χ1n) is 3.95. The van der Waals surface area contributed by atoms with Gasteiger partial charge < -0.3 is 0 Å². The van der Waals surface area contributed by atoms with E-state index < -0.39 is 0 Å². The van der Waals surface area contributed by atoms with Gasteiger partial charge in [0.25, 0.3) is 0 Å². The summed E-state index contributed by atoms with van der Waals surface area (Å²) < 4.78 is 0.217. The summed E-state index contributed by atoms with van der Waals surface area (Å²) in [7, 11) is 0. The van der Waals surface area contributed by atoms with Gasteiger partial charge in [-0.15, -0.1) is 0 Å². The molecule has 0 N–H and O–H groups in total. The zero-order chi connectivity index (χ0) is 10.1. The van der Waals surface area contributed by atoms with Gasteiger partial charge >= 0.3 is 92.2 Å². The summed E-state index contributed by atoms with van der Waals surface area (Å²) in [4.78, 5) is 10.0. The second-order valence-corrected chi connectivity index (χ2v) is 9.14. The van der Waals surface area contributed by atoms with Crippen LogP contribution < -0.4 is 0 Å². The summed E-state index contributed by atoms with van der Waals surface area (Å²) in [5.41, 5.74) is 1.35. The second kappa shape index (κ2) is 3.71. The van der Waals surface area contributed by atoms with Gasteiger partial charge in [-0.25, -0.2) is 0 Å². The monoisotopic (exact) mass is 375 g/mol. The molecule has 0 radical (unpaired) electrons. The van der Waals surface area contributed by atoms with E-state index in [1.54, 1.807) is 12.1 Å². The zero-order valence-electron chi connectivity index (χ0n) is 7.65. The first kappa shape index (κ1) is 10.6. The Bertz CT molecular complexity index is 313. The minimum atomic E-state index is -0.369. The summed E-state index contributed by atoms with van der Waals surface area (Å²) in [5, 5.41) is 10.4. The van der Waals surface area contributed by atoms with Crippen molar-refractivity contribution in [2.45, 2.75) is 17.0 Å². The molecular weight excluding hydrogens is 363 g/mol. The Morgan fingerprint density at radius 3 is 2.08 bits per heavy atom. The molecule has 0 aromatic heterocycles. The number of hydrogen-bond donors (Lipinski definition) is 0. The molecule has 0 unspecified atom stereocenters. The molecule has 3 nitrogen and oxygen atoms in total. The van der Waals surface area contributed by atoms with Crippen LogP contribution in [0.25, 0.3) is 0 Å². The van der Waals surface area contributed by atoms with E-state index in [-0.39, 0.29) is 13.7 Å². The molecule has 1 aromatic carbocycles. The predicted molar refractivity (Wildman–Crippen MR) is 54.7 cm³/mol. The average Bonchev–Trinajstić information content (AvgIpc) is 2.03. The van der Waals surface area contributed by atoms with Gasteiger partial charge in [0.1, 0.15) is 0 Å². The number of nitro benzene ring substituents is 1. The van der Waals surface area contributed by atoms with Crippen molar-refractivity contribution < 1.29 is 4.92 Å². The van der Waals surface area contributed by atoms with E-state index in [1.807, 2.05) is 12.1 Å². The van der Waals surface area contributed by atoms with Crippen LogP contribution in [0.5, 0.6) is 0 Å². The SMILES string of the molecule is C[C](C)([BiH2])c1ccc([N+](=O)[O-])cc1. The molecule has 13 heavy (non-hydrogen) atoms. The standard InChI is InChI=1S/C9H10NO2.Bi.2H/c1-7(2)8-3-5-9(6-4-8)10(11)12;;;/h3-6H,1-2H3;;;. The van der Waals surface area contributed by atoms with E-state index in [2.05, 4.69) is 13.8 Å². The Kier molecular flexibility index (Phi) is 3.02. The summed E-state index contributed by atoms with van der Waals surface area (Å²) in [5.74, 6) is 0. The van der Waals surface area contributed by atoms with Crippen molar-refractivity contribution in [2.75, 3.05) is 0 Å². The molecule has 0 saturated carbocycles. The molecule has 0 fully saturated rings. The topological polar surface area (TPSA) is 43.1 Å². The van der Waals surface area contributed by atoms with Crippen molar-refractivity contribution in [2.24, 2.45) is 0 Å². The molecule has 1 aromatic rings. The minimum absolute atomic E-state index is 0.165. The van der Waals surface area contributed by atoms with Crippen molar-refractivity contribution in [1.29, 1.82) is 0 Å². The Morgan fingerprint density at radius 1 is 1.31 bits per heavy atom. The molecule has 0 aliphatic carbocycles. The summed E-state index contributed by atoms with van der Waals surface area (Å²) in [6.07, 6.45) is 0. The fourth-order valence-electron chi connectivity index (χ4n) is 1.01. The van der Waals surface area contributed by atoms with E-state index in [0.29, 0.717) is 0 Å². The Morgan fingerprint density at radius 2 is 1.77 bits per heavy atom. The van der Waals surface area contributed by atoms with Crippen molar-refractivity contribution in [3.63, 3.8) is 0 Å². The van der Waals surface area contributed by atoms with E-state index in [4.69, 9.17) is 0 Å². The normalized spacial score (nSPS) is 11.3. The molecule has 0 heterocycles. The molecular formula is C9H12BiNO2. The average molecular weight is 375 g/mol. The van der Waals surface area contributed by atoms with Crippen LogP contribution in [0.3, 0.4) is 0 Å². The maximum absolute atomic E-state index is 10.4. The number of non-ortho nitro benzene ring substituents is 1. The Hall–Kier alpha value is -0.497. The maximum atomic E-state index is 10.4. The second-order valence-electron chi connectivity index (χ2n) is 3.53. The van der Waals surface area contributed by atoms with Crippen LogP contribution in [-0.2, 0) is 3.12 Å². The van der Waals surface area contributed by atoms with Gasteiger partial charge in [-0.2, -0.15) is 0 Å². The molecule has 0 saturated heterocycles. The van der Waals surface area contributed by atoms with Gasteiger partial charge in [0.05, 0.1) is 0 Å². The van der Waals surface area contributed by atoms with E-state index in [0.717, 1.165) is 24.7 Å². The quantitative estimate of drug-likeness (QED) is 0.446. The van der Waals surface area contributed by atoms with Crippen LogP contribution in [0.2, 0.25) is 0 Å². The molecule has 70 valence electrons. The van der Waals surface area contributed by atoms with Crippen LogP contribution >= 0.6 is 0 Å². The molecule has 4 heteroatoms. The first-order valence-corrected chi connectivity index (χ1v) is 6.19. The molecule has 0 bridgehead atoms. The number of benzene rings is 1. The fraction of sp³-hybridized carbons (Fsp3) is 0.333. The third-order valence-electron chi connectivity index (χ3n) is 1.82. The van der Waals surface area contributed by atoms with E-state index >= 15 is 0 Å². The van der Waals surface area contributed by atoms with Gasteiger partial charge in [0.15, 0.2) is 0 Å². The predicted octanol–water partition coefficient (Wildman–Crippen LogP) is 1.46. The third-order valence-corrected chi connectivity index (χ3v) is 3.12. The number of nitro groups is 1. The number of rotatable bonds is 2. The van der Waals surface area contributed by atoms with Gasteiger partial charge in [-0.3, -0.25) is 0 Å². The molecule has 1 rings (SSSR count). The summed E-state index contributed by atoms with van der Waals surface area (Å²) in [6, 6.07) is 6.83. The zero-order valence-corrected chi connectivity index (χ0v) is 12.1. The van der Waals surface area contributed by atoms with Crippen LogP contribution in [0.4, 0.5) is 5.69 Å². The van der Waals surface area contributed by atoms with Gasteiger partial charge in [0, 0.05) is 0 Å². The Labute approximate surface area is 92.1 Å². The summed E-state index contributed by atoms with van der Waals surface area (Å²) >= 11 is 0.832. The number of nitrogens with zero attached hydrogens (tertiary/aromatic N) is 1. The van der Waals surface area contributed by atoms with Crippen molar-refractivity contribution >= 4 is 30.4 Å². The van der Waals surface area contributed by atoms with Crippen molar-refractivity contribution in [3.05, 3.63) is 39.9 Å².